The van der Waals surface area contributed by atoms with Crippen LogP contribution in [0.4, 0.5) is 11.4 Å². The van der Waals surface area contributed by atoms with Crippen LogP contribution in [0.1, 0.15) is 0 Å². The van der Waals surface area contributed by atoms with E-state index in [-0.39, 0.29) is 0 Å². The van der Waals surface area contributed by atoms with Crippen LogP contribution in [-0.2, 0) is 10.1 Å². The Bertz CT molecular complexity index is 523. The maximum atomic E-state index is 10.6. The van der Waals surface area contributed by atoms with Crippen LogP contribution in [0.3, 0.4) is 0 Å². The number of rotatable bonds is 2. The largest absolute Gasteiger partial charge is 0.744 e. The molecule has 0 aliphatic rings. The zero-order valence-electron chi connectivity index (χ0n) is 7.08. The number of benzene rings is 1. The average molecular weight is 233 g/mol. The van der Waals surface area contributed by atoms with Crippen molar-refractivity contribution < 1.29 is 23.0 Å². The summed E-state index contributed by atoms with van der Waals surface area (Å²) in [5, 5.41) is 19.4. The Morgan fingerprint density at radius 2 is 1.93 bits per heavy atom. The minimum absolute atomic E-state index is 0.452. The van der Waals surface area contributed by atoms with Crippen LogP contribution in [0.5, 0.6) is 5.75 Å². The second-order valence-corrected chi connectivity index (χ2v) is 3.94. The minimum Gasteiger partial charge on any atom is -0.744 e. The number of phenolic OH excluding ortho intramolecular Hbond substituents is 1. The lowest BCUT2D eigenvalue weighted by Crippen LogP contribution is -2.02. The van der Waals surface area contributed by atoms with E-state index < -0.39 is 37.1 Å². The summed E-state index contributed by atoms with van der Waals surface area (Å²) < 4.78 is 31.8. The number of hydrogen-bond donors (Lipinski definition) is 2. The molecule has 0 aliphatic heterocycles. The van der Waals surface area contributed by atoms with E-state index in [0.29, 0.717) is 6.07 Å². The normalized spacial score (nSPS) is 11.3. The maximum Gasteiger partial charge on any atom is 0.273 e. The second kappa shape index (κ2) is 3.37. The molecule has 0 bridgehead atoms. The average Bonchev–Trinajstić information content (AvgIpc) is 2.06. The summed E-state index contributed by atoms with van der Waals surface area (Å²) >= 11 is 0. The van der Waals surface area contributed by atoms with Gasteiger partial charge in [-0.05, 0) is 0 Å². The van der Waals surface area contributed by atoms with Crippen molar-refractivity contribution in [2.45, 2.75) is 4.90 Å². The van der Waals surface area contributed by atoms with E-state index >= 15 is 0 Å². The van der Waals surface area contributed by atoms with Crippen molar-refractivity contribution in [2.75, 3.05) is 5.73 Å². The summed E-state index contributed by atoms with van der Waals surface area (Å²) in [7, 11) is -5.00. The van der Waals surface area contributed by atoms with E-state index in [1.165, 1.54) is 0 Å². The first-order valence-electron chi connectivity index (χ1n) is 3.46. The highest BCUT2D eigenvalue weighted by Gasteiger charge is 2.18. The zero-order valence-corrected chi connectivity index (χ0v) is 7.89. The van der Waals surface area contributed by atoms with Gasteiger partial charge in [0, 0.05) is 12.1 Å². The Labute approximate surface area is 83.8 Å². The first kappa shape index (κ1) is 11.2. The summed E-state index contributed by atoms with van der Waals surface area (Å²) in [6, 6.07) is 1.21. The monoisotopic (exact) mass is 233 g/mol. The van der Waals surface area contributed by atoms with Gasteiger partial charge in [-0.1, -0.05) is 0 Å². The number of hydrogen-bond acceptors (Lipinski definition) is 7. The van der Waals surface area contributed by atoms with E-state index in [4.69, 9.17) is 10.8 Å². The molecule has 0 fully saturated rings. The van der Waals surface area contributed by atoms with Crippen LogP contribution in [0.15, 0.2) is 17.0 Å². The molecule has 1 aromatic carbocycles. The van der Waals surface area contributed by atoms with Gasteiger partial charge in [-0.25, -0.2) is 8.42 Å². The van der Waals surface area contributed by atoms with E-state index in [2.05, 4.69) is 0 Å². The third-order valence-electron chi connectivity index (χ3n) is 1.57. The first-order valence-corrected chi connectivity index (χ1v) is 4.87. The van der Waals surface area contributed by atoms with Gasteiger partial charge in [0.25, 0.3) is 5.69 Å². The molecule has 0 radical (unpaired) electrons. The molecule has 0 aromatic heterocycles. The molecule has 15 heavy (non-hydrogen) atoms. The smallest absolute Gasteiger partial charge is 0.273 e. The number of phenols is 1. The van der Waals surface area contributed by atoms with Crippen LogP contribution in [0, 0.1) is 10.1 Å². The molecule has 1 aromatic rings. The van der Waals surface area contributed by atoms with Crippen LogP contribution < -0.4 is 5.73 Å². The lowest BCUT2D eigenvalue weighted by molar-refractivity contribution is -0.385. The summed E-state index contributed by atoms with van der Waals surface area (Å²) in [5.41, 5.74) is 3.87. The Morgan fingerprint density at radius 1 is 1.40 bits per heavy atom. The Morgan fingerprint density at radius 3 is 2.33 bits per heavy atom. The number of nitrogens with two attached hydrogens (primary N) is 1. The molecule has 8 nitrogen and oxygen atoms in total. The van der Waals surface area contributed by atoms with Gasteiger partial charge in [-0.2, -0.15) is 0 Å². The molecule has 82 valence electrons. The minimum atomic E-state index is -5.00. The predicted molar refractivity (Wildman–Crippen MR) is 47.1 cm³/mol. The molecule has 0 amide bonds. The van der Waals surface area contributed by atoms with Gasteiger partial charge in [0.2, 0.25) is 0 Å². The summed E-state index contributed by atoms with van der Waals surface area (Å²) in [5.74, 6) is -0.976. The van der Waals surface area contributed by atoms with Crippen molar-refractivity contribution in [1.29, 1.82) is 0 Å². The van der Waals surface area contributed by atoms with Gasteiger partial charge in [-0.3, -0.25) is 10.1 Å². The van der Waals surface area contributed by atoms with E-state index in [1.54, 1.807) is 0 Å². The number of nitrogen functional groups attached to an aromatic ring is 1. The standard InChI is InChI=1S/C6H6N2O6S/c7-4-1-3(8(10)11)2-5(6(4)9)15(12,13)14/h1-2,9H,7H2,(H,12,13,14)/p-1. The highest BCUT2D eigenvalue weighted by Crippen LogP contribution is 2.33. The molecular weight excluding hydrogens is 228 g/mol. The molecule has 0 unspecified atom stereocenters. The molecular formula is C6H5N2O6S-. The molecule has 0 saturated carbocycles. The molecule has 0 saturated heterocycles. The van der Waals surface area contributed by atoms with Crippen molar-refractivity contribution in [2.24, 2.45) is 0 Å². The number of nitro benzene ring substituents is 1. The third-order valence-corrected chi connectivity index (χ3v) is 2.42. The Balaban J connectivity index is 3.59. The first-order chi connectivity index (χ1) is 6.73. The second-order valence-electron chi connectivity index (χ2n) is 2.59. The molecule has 0 spiro atoms. The van der Waals surface area contributed by atoms with Gasteiger partial charge < -0.3 is 15.4 Å². The number of aromatic hydroxyl groups is 1. The van der Waals surface area contributed by atoms with E-state index in [9.17, 15) is 23.1 Å². The number of non-ortho nitro benzene ring substituents is 1. The van der Waals surface area contributed by atoms with Crippen molar-refractivity contribution in [3.05, 3.63) is 22.2 Å². The van der Waals surface area contributed by atoms with Crippen LogP contribution >= 0.6 is 0 Å². The third kappa shape index (κ3) is 2.14. The van der Waals surface area contributed by atoms with Crippen LogP contribution in [0.25, 0.3) is 0 Å². The topological polar surface area (TPSA) is 147 Å². The maximum absolute atomic E-state index is 10.6. The van der Waals surface area contributed by atoms with Crippen LogP contribution in [0.2, 0.25) is 0 Å². The fraction of sp³-hybridized carbons (Fsp3) is 0. The van der Waals surface area contributed by atoms with E-state index in [0.717, 1.165) is 6.07 Å². The summed E-state index contributed by atoms with van der Waals surface area (Å²) in [6.07, 6.45) is 0. The van der Waals surface area contributed by atoms with Crippen molar-refractivity contribution in [1.82, 2.24) is 0 Å². The molecule has 0 atom stereocenters. The molecule has 0 heterocycles. The fourth-order valence-corrected chi connectivity index (χ4v) is 1.53. The predicted octanol–water partition coefficient (Wildman–Crippen LogP) is -0.213. The van der Waals surface area contributed by atoms with Gasteiger partial charge in [-0.15, -0.1) is 0 Å². The van der Waals surface area contributed by atoms with Gasteiger partial charge >= 0.3 is 0 Å². The van der Waals surface area contributed by atoms with Gasteiger partial charge in [0.05, 0.1) is 10.6 Å². The summed E-state index contributed by atoms with van der Waals surface area (Å²) in [6.45, 7) is 0. The van der Waals surface area contributed by atoms with Crippen molar-refractivity contribution >= 4 is 21.5 Å². The van der Waals surface area contributed by atoms with E-state index in [1.807, 2.05) is 0 Å². The Hall–Kier alpha value is -1.87. The fourth-order valence-electron chi connectivity index (χ4n) is 0.910. The molecule has 0 aliphatic carbocycles. The zero-order chi connectivity index (χ0) is 11.8. The van der Waals surface area contributed by atoms with Crippen molar-refractivity contribution in [3.63, 3.8) is 0 Å². The quantitative estimate of drug-likeness (QED) is 0.236. The molecule has 3 N–H and O–H groups in total. The highest BCUT2D eigenvalue weighted by atomic mass is 32.2. The Kier molecular flexibility index (Phi) is 2.51. The van der Waals surface area contributed by atoms with Gasteiger partial charge in [0.15, 0.2) is 5.75 Å². The van der Waals surface area contributed by atoms with Crippen molar-refractivity contribution in [3.8, 4) is 5.75 Å². The number of nitro groups is 1. The molecule has 1 rings (SSSR count). The SMILES string of the molecule is Nc1cc([N+](=O)[O-])cc(S(=O)(=O)[O-])c1O. The number of nitrogens with zero attached hydrogens (tertiary/aromatic N) is 1. The lowest BCUT2D eigenvalue weighted by Gasteiger charge is -2.10. The van der Waals surface area contributed by atoms with Crippen LogP contribution in [-0.4, -0.2) is 23.0 Å². The highest BCUT2D eigenvalue weighted by molar-refractivity contribution is 7.85. The van der Waals surface area contributed by atoms with Gasteiger partial charge in [0.1, 0.15) is 15.0 Å². The number of anilines is 1. The summed E-state index contributed by atoms with van der Waals surface area (Å²) in [4.78, 5) is 8.29. The molecule has 9 heteroatoms. The lowest BCUT2D eigenvalue weighted by atomic mass is 10.2.